The molecule has 0 amide bonds. The highest BCUT2D eigenvalue weighted by molar-refractivity contribution is 7.91. The molecular weight excluding hydrogens is 369 g/mol. The zero-order valence-corrected chi connectivity index (χ0v) is 14.7. The lowest BCUT2D eigenvalue weighted by molar-refractivity contribution is -0.136. The number of benzene rings is 1. The van der Waals surface area contributed by atoms with Crippen LogP contribution in [0.2, 0.25) is 0 Å². The van der Waals surface area contributed by atoms with Gasteiger partial charge in [0.25, 0.3) is 0 Å². The van der Waals surface area contributed by atoms with Crippen LogP contribution in [0.3, 0.4) is 0 Å². The smallest absolute Gasteiger partial charge is 0.340 e. The standard InChI is InChI=1S/C16H17F3N4O2S/c1-23(11-7-9-26(24,25)10-11)15-20-8-6-14(22-15)21-13-5-3-2-4-12(13)16(17,18)19/h2-6,8,11H,7,9-10H2,1H3,(H,20,21,22). The Morgan fingerprint density at radius 3 is 2.62 bits per heavy atom. The van der Waals surface area contributed by atoms with Gasteiger partial charge in [-0.3, -0.25) is 0 Å². The van der Waals surface area contributed by atoms with E-state index in [-0.39, 0.29) is 35.0 Å². The van der Waals surface area contributed by atoms with Crippen LogP contribution in [0.1, 0.15) is 12.0 Å². The van der Waals surface area contributed by atoms with Crippen molar-refractivity contribution in [2.75, 3.05) is 28.8 Å². The van der Waals surface area contributed by atoms with Crippen molar-refractivity contribution in [1.82, 2.24) is 9.97 Å². The fourth-order valence-electron chi connectivity index (χ4n) is 2.81. The molecular formula is C16H17F3N4O2S. The summed E-state index contributed by atoms with van der Waals surface area (Å²) < 4.78 is 62.6. The Morgan fingerprint density at radius 2 is 1.96 bits per heavy atom. The summed E-state index contributed by atoms with van der Waals surface area (Å²) in [6, 6.07) is 6.31. The molecule has 1 N–H and O–H groups in total. The van der Waals surface area contributed by atoms with Crippen LogP contribution in [0, 0.1) is 0 Å². The first-order valence-electron chi connectivity index (χ1n) is 7.85. The Labute approximate surface area is 149 Å². The molecule has 140 valence electrons. The summed E-state index contributed by atoms with van der Waals surface area (Å²) in [5, 5.41) is 2.67. The molecule has 6 nitrogen and oxygen atoms in total. The second kappa shape index (κ2) is 6.75. The minimum Gasteiger partial charge on any atom is -0.340 e. The summed E-state index contributed by atoms with van der Waals surface area (Å²) in [7, 11) is -1.39. The highest BCUT2D eigenvalue weighted by Crippen LogP contribution is 2.35. The number of alkyl halides is 3. The van der Waals surface area contributed by atoms with Crippen LogP contribution in [-0.4, -0.2) is 43.0 Å². The van der Waals surface area contributed by atoms with Gasteiger partial charge in [0.05, 0.1) is 22.8 Å². The molecule has 1 aromatic heterocycles. The van der Waals surface area contributed by atoms with E-state index in [1.165, 1.54) is 30.5 Å². The average molecular weight is 386 g/mol. The maximum atomic E-state index is 13.1. The van der Waals surface area contributed by atoms with Gasteiger partial charge in [0.1, 0.15) is 5.82 Å². The number of rotatable bonds is 4. The van der Waals surface area contributed by atoms with Crippen LogP contribution in [0.15, 0.2) is 36.5 Å². The van der Waals surface area contributed by atoms with E-state index < -0.39 is 21.6 Å². The fourth-order valence-corrected chi connectivity index (χ4v) is 4.58. The predicted octanol–water partition coefficient (Wildman–Crippen LogP) is 2.86. The quantitative estimate of drug-likeness (QED) is 0.871. The molecule has 1 aliphatic rings. The Kier molecular flexibility index (Phi) is 4.78. The molecule has 26 heavy (non-hydrogen) atoms. The summed E-state index contributed by atoms with van der Waals surface area (Å²) in [5.41, 5.74) is -0.911. The number of hydrogen-bond acceptors (Lipinski definition) is 6. The molecule has 0 spiro atoms. The van der Waals surface area contributed by atoms with Crippen molar-refractivity contribution in [3.05, 3.63) is 42.1 Å². The van der Waals surface area contributed by atoms with Gasteiger partial charge in [-0.15, -0.1) is 0 Å². The lowest BCUT2D eigenvalue weighted by atomic mass is 10.1. The summed E-state index contributed by atoms with van der Waals surface area (Å²) in [6.07, 6.45) is -2.61. The van der Waals surface area contributed by atoms with Gasteiger partial charge in [-0.25, -0.2) is 13.4 Å². The van der Waals surface area contributed by atoms with Crippen LogP contribution in [-0.2, 0) is 16.0 Å². The van der Waals surface area contributed by atoms with Crippen molar-refractivity contribution in [2.24, 2.45) is 0 Å². The third kappa shape index (κ3) is 4.06. The van der Waals surface area contributed by atoms with Gasteiger partial charge in [0, 0.05) is 19.3 Å². The third-order valence-electron chi connectivity index (χ3n) is 4.21. The van der Waals surface area contributed by atoms with Crippen molar-refractivity contribution in [1.29, 1.82) is 0 Å². The van der Waals surface area contributed by atoms with E-state index in [0.717, 1.165) is 6.07 Å². The van der Waals surface area contributed by atoms with Crippen LogP contribution in [0.5, 0.6) is 0 Å². The minimum atomic E-state index is -4.49. The molecule has 0 aliphatic carbocycles. The molecule has 2 aromatic rings. The molecule has 1 saturated heterocycles. The second-order valence-corrected chi connectivity index (χ2v) is 8.31. The Hall–Kier alpha value is -2.36. The van der Waals surface area contributed by atoms with E-state index >= 15 is 0 Å². The predicted molar refractivity (Wildman–Crippen MR) is 92.2 cm³/mol. The van der Waals surface area contributed by atoms with Gasteiger partial charge in [0.2, 0.25) is 5.95 Å². The monoisotopic (exact) mass is 386 g/mol. The lowest BCUT2D eigenvalue weighted by Gasteiger charge is -2.23. The summed E-state index contributed by atoms with van der Waals surface area (Å²) in [6.45, 7) is 0. The Balaban J connectivity index is 1.83. The number of nitrogens with zero attached hydrogens (tertiary/aromatic N) is 3. The lowest BCUT2D eigenvalue weighted by Crippen LogP contribution is -2.33. The van der Waals surface area contributed by atoms with E-state index in [0.29, 0.717) is 6.42 Å². The van der Waals surface area contributed by atoms with Crippen molar-refractivity contribution in [3.63, 3.8) is 0 Å². The molecule has 1 atom stereocenters. The first-order valence-corrected chi connectivity index (χ1v) is 9.67. The van der Waals surface area contributed by atoms with Gasteiger partial charge in [-0.1, -0.05) is 12.1 Å². The average Bonchev–Trinajstić information content (AvgIpc) is 2.94. The van der Waals surface area contributed by atoms with Crippen LogP contribution >= 0.6 is 0 Å². The molecule has 3 rings (SSSR count). The molecule has 1 unspecified atom stereocenters. The number of nitrogens with one attached hydrogen (secondary N) is 1. The van der Waals surface area contributed by atoms with E-state index in [1.807, 2.05) is 0 Å². The van der Waals surface area contributed by atoms with Crippen molar-refractivity contribution < 1.29 is 21.6 Å². The van der Waals surface area contributed by atoms with Crippen LogP contribution in [0.25, 0.3) is 0 Å². The van der Waals surface area contributed by atoms with Crippen molar-refractivity contribution >= 4 is 27.3 Å². The maximum Gasteiger partial charge on any atom is 0.418 e. The normalized spacial score (nSPS) is 19.3. The number of anilines is 3. The fraction of sp³-hybridized carbons (Fsp3) is 0.375. The first kappa shape index (κ1) is 18.4. The van der Waals surface area contributed by atoms with E-state index in [4.69, 9.17) is 0 Å². The highest BCUT2D eigenvalue weighted by Gasteiger charge is 2.34. The van der Waals surface area contributed by atoms with E-state index in [1.54, 1.807) is 11.9 Å². The largest absolute Gasteiger partial charge is 0.418 e. The molecule has 0 radical (unpaired) electrons. The molecule has 1 fully saturated rings. The first-order chi connectivity index (χ1) is 12.2. The SMILES string of the molecule is CN(c1nccc(Nc2ccccc2C(F)(F)F)n1)C1CCS(=O)(=O)C1. The van der Waals surface area contributed by atoms with E-state index in [9.17, 15) is 21.6 Å². The highest BCUT2D eigenvalue weighted by atomic mass is 32.2. The zero-order valence-electron chi connectivity index (χ0n) is 13.9. The minimum absolute atomic E-state index is 0.0153. The van der Waals surface area contributed by atoms with Gasteiger partial charge >= 0.3 is 6.18 Å². The van der Waals surface area contributed by atoms with Crippen LogP contribution < -0.4 is 10.2 Å². The molecule has 1 aliphatic heterocycles. The molecule has 0 bridgehead atoms. The third-order valence-corrected chi connectivity index (χ3v) is 5.96. The number of hydrogen-bond donors (Lipinski definition) is 1. The topological polar surface area (TPSA) is 75.2 Å². The number of sulfone groups is 1. The number of aromatic nitrogens is 2. The zero-order chi connectivity index (χ0) is 18.9. The van der Waals surface area contributed by atoms with E-state index in [2.05, 4.69) is 15.3 Å². The molecule has 0 saturated carbocycles. The second-order valence-electron chi connectivity index (χ2n) is 6.08. The van der Waals surface area contributed by atoms with Crippen LogP contribution in [0.4, 0.5) is 30.6 Å². The summed E-state index contributed by atoms with van der Waals surface area (Å²) in [4.78, 5) is 9.97. The van der Waals surface area contributed by atoms with Gasteiger partial charge in [0.15, 0.2) is 9.84 Å². The van der Waals surface area contributed by atoms with Crippen molar-refractivity contribution in [2.45, 2.75) is 18.6 Å². The Morgan fingerprint density at radius 1 is 1.23 bits per heavy atom. The number of halogens is 3. The summed E-state index contributed by atoms with van der Waals surface area (Å²) in [5.74, 6) is 0.571. The molecule has 10 heteroatoms. The van der Waals surface area contributed by atoms with Gasteiger partial charge < -0.3 is 10.2 Å². The molecule has 2 heterocycles. The maximum absolute atomic E-state index is 13.1. The molecule has 1 aromatic carbocycles. The number of para-hydroxylation sites is 1. The van der Waals surface area contributed by atoms with Gasteiger partial charge in [-0.2, -0.15) is 18.2 Å². The Bertz CT molecular complexity index is 902. The van der Waals surface area contributed by atoms with Crippen molar-refractivity contribution in [3.8, 4) is 0 Å². The van der Waals surface area contributed by atoms with Gasteiger partial charge in [-0.05, 0) is 24.6 Å². The summed E-state index contributed by atoms with van der Waals surface area (Å²) >= 11 is 0.